The Labute approximate surface area is 104 Å². The lowest BCUT2D eigenvalue weighted by Gasteiger charge is -2.39. The van der Waals surface area contributed by atoms with Crippen LogP contribution in [0.5, 0.6) is 0 Å². The van der Waals surface area contributed by atoms with Crippen molar-refractivity contribution in [3.63, 3.8) is 0 Å². The number of methoxy groups -OCH3 is 2. The van der Waals surface area contributed by atoms with Crippen molar-refractivity contribution in [3.05, 3.63) is 11.8 Å². The first-order valence-electron chi connectivity index (χ1n) is 5.48. The highest BCUT2D eigenvalue weighted by Gasteiger charge is 2.64. The molecule has 2 atom stereocenters. The van der Waals surface area contributed by atoms with Crippen molar-refractivity contribution in [2.45, 2.75) is 18.2 Å². The zero-order valence-electron chi connectivity index (χ0n) is 10.2. The molecule has 7 nitrogen and oxygen atoms in total. The van der Waals surface area contributed by atoms with Crippen LogP contribution in [-0.2, 0) is 23.8 Å². The van der Waals surface area contributed by atoms with E-state index in [1.165, 1.54) is 25.2 Å². The molecule has 100 valence electrons. The monoisotopic (exact) mass is 257 g/mol. The number of fused-ring (bicyclic) bond motifs is 1. The summed E-state index contributed by atoms with van der Waals surface area (Å²) in [6.45, 7) is 0.0585. The molecular formula is C11H15NO6. The Bertz CT molecular complexity index is 406. The van der Waals surface area contributed by atoms with Gasteiger partial charge < -0.3 is 19.3 Å². The minimum Gasteiger partial charge on any atom is -0.479 e. The van der Waals surface area contributed by atoms with Crippen molar-refractivity contribution < 1.29 is 28.9 Å². The lowest BCUT2D eigenvalue weighted by molar-refractivity contribution is -0.173. The lowest BCUT2D eigenvalue weighted by Crippen LogP contribution is -2.64. The first-order valence-corrected chi connectivity index (χ1v) is 5.48. The number of nitrogens with zero attached hydrogens (tertiary/aromatic N) is 1. The number of rotatable bonds is 5. The van der Waals surface area contributed by atoms with Crippen LogP contribution in [0.1, 0.15) is 6.42 Å². The Kier molecular flexibility index (Phi) is 3.27. The summed E-state index contributed by atoms with van der Waals surface area (Å²) in [5.41, 5.74) is -1.56. The van der Waals surface area contributed by atoms with E-state index >= 15 is 0 Å². The minimum atomic E-state index is -1.56. The topological polar surface area (TPSA) is 85.3 Å². The molecule has 2 rings (SSSR count). The molecule has 0 unspecified atom stereocenters. The van der Waals surface area contributed by atoms with Gasteiger partial charge in [0.15, 0.2) is 6.23 Å². The molecule has 2 heterocycles. The SMILES string of the molecule is COC/C=C1\O[C@@H]2CC(=O)N2[C@@]1(COC)C(=O)O. The first kappa shape index (κ1) is 12.8. The van der Waals surface area contributed by atoms with Crippen LogP contribution in [0.4, 0.5) is 0 Å². The smallest absolute Gasteiger partial charge is 0.340 e. The van der Waals surface area contributed by atoms with Gasteiger partial charge in [-0.25, -0.2) is 4.79 Å². The Morgan fingerprint density at radius 2 is 2.33 bits per heavy atom. The van der Waals surface area contributed by atoms with Crippen LogP contribution < -0.4 is 0 Å². The molecule has 2 saturated heterocycles. The van der Waals surface area contributed by atoms with Crippen molar-refractivity contribution in [2.75, 3.05) is 27.4 Å². The summed E-state index contributed by atoms with van der Waals surface area (Å²) in [5.74, 6) is -1.21. The van der Waals surface area contributed by atoms with Gasteiger partial charge in [-0.15, -0.1) is 0 Å². The maximum atomic E-state index is 11.6. The molecule has 0 spiro atoms. The third kappa shape index (κ3) is 1.58. The van der Waals surface area contributed by atoms with Crippen molar-refractivity contribution in [1.29, 1.82) is 0 Å². The summed E-state index contributed by atoms with van der Waals surface area (Å²) in [6.07, 6.45) is 1.22. The highest BCUT2D eigenvalue weighted by atomic mass is 16.5. The van der Waals surface area contributed by atoms with E-state index in [1.54, 1.807) is 0 Å². The average Bonchev–Trinajstić information content (AvgIpc) is 2.56. The lowest BCUT2D eigenvalue weighted by atomic mass is 9.93. The Morgan fingerprint density at radius 3 is 2.83 bits per heavy atom. The number of amides is 1. The molecule has 7 heteroatoms. The van der Waals surface area contributed by atoms with Crippen LogP contribution in [-0.4, -0.2) is 61.1 Å². The second-order valence-corrected chi connectivity index (χ2v) is 4.16. The number of carbonyl (C=O) groups excluding carboxylic acids is 1. The molecular weight excluding hydrogens is 242 g/mol. The molecule has 1 amide bonds. The van der Waals surface area contributed by atoms with E-state index in [4.69, 9.17) is 14.2 Å². The Balaban J connectivity index is 2.40. The van der Waals surface area contributed by atoms with E-state index in [0.717, 1.165) is 0 Å². The van der Waals surface area contributed by atoms with E-state index < -0.39 is 17.7 Å². The van der Waals surface area contributed by atoms with Crippen LogP contribution in [0.3, 0.4) is 0 Å². The molecule has 0 bridgehead atoms. The fraction of sp³-hybridized carbons (Fsp3) is 0.636. The van der Waals surface area contributed by atoms with Crippen LogP contribution in [0.2, 0.25) is 0 Å². The first-order chi connectivity index (χ1) is 8.57. The summed E-state index contributed by atoms with van der Waals surface area (Å²) in [6, 6.07) is 0. The van der Waals surface area contributed by atoms with E-state index in [9.17, 15) is 14.7 Å². The van der Waals surface area contributed by atoms with Gasteiger partial charge in [-0.3, -0.25) is 9.69 Å². The van der Waals surface area contributed by atoms with Gasteiger partial charge in [-0.2, -0.15) is 0 Å². The van der Waals surface area contributed by atoms with Crippen molar-refractivity contribution in [1.82, 2.24) is 4.90 Å². The molecule has 0 aromatic rings. The van der Waals surface area contributed by atoms with Gasteiger partial charge in [0.25, 0.3) is 0 Å². The third-order valence-corrected chi connectivity index (χ3v) is 3.13. The van der Waals surface area contributed by atoms with Gasteiger partial charge in [-0.1, -0.05) is 0 Å². The molecule has 1 N–H and O–H groups in total. The summed E-state index contributed by atoms with van der Waals surface area (Å²) >= 11 is 0. The van der Waals surface area contributed by atoms with E-state index in [-0.39, 0.29) is 31.3 Å². The number of carbonyl (C=O) groups is 2. The molecule has 2 fully saturated rings. The van der Waals surface area contributed by atoms with Crippen LogP contribution in [0.15, 0.2) is 11.8 Å². The standard InChI is InChI=1S/C11H15NO6/c1-16-4-3-7-11(6-17-2,10(14)15)12-8(13)5-9(12)18-7/h3,9H,4-6H2,1-2H3,(H,14,15)/b7-3-/t9-,11-/m1/s1. The highest BCUT2D eigenvalue weighted by Crippen LogP contribution is 2.44. The van der Waals surface area contributed by atoms with Gasteiger partial charge in [-0.05, 0) is 6.08 Å². The molecule has 0 aromatic heterocycles. The summed E-state index contributed by atoms with van der Waals surface area (Å²) in [4.78, 5) is 24.4. The summed E-state index contributed by atoms with van der Waals surface area (Å²) < 4.78 is 15.3. The fourth-order valence-corrected chi connectivity index (χ4v) is 2.30. The van der Waals surface area contributed by atoms with E-state index in [1.807, 2.05) is 0 Å². The molecule has 0 aliphatic carbocycles. The number of hydrogen-bond donors (Lipinski definition) is 1. The Hall–Kier alpha value is -1.60. The summed E-state index contributed by atoms with van der Waals surface area (Å²) in [5, 5.41) is 9.47. The maximum Gasteiger partial charge on any atom is 0.340 e. The van der Waals surface area contributed by atoms with Crippen LogP contribution >= 0.6 is 0 Å². The second-order valence-electron chi connectivity index (χ2n) is 4.16. The molecule has 0 aromatic carbocycles. The van der Waals surface area contributed by atoms with Crippen LogP contribution in [0, 0.1) is 0 Å². The molecule has 2 aliphatic heterocycles. The maximum absolute atomic E-state index is 11.6. The van der Waals surface area contributed by atoms with Gasteiger partial charge in [0.05, 0.1) is 19.6 Å². The Morgan fingerprint density at radius 1 is 1.61 bits per heavy atom. The van der Waals surface area contributed by atoms with Crippen molar-refractivity contribution in [3.8, 4) is 0 Å². The molecule has 18 heavy (non-hydrogen) atoms. The van der Waals surface area contributed by atoms with E-state index in [2.05, 4.69) is 0 Å². The zero-order chi connectivity index (χ0) is 13.3. The number of ether oxygens (including phenoxy) is 3. The predicted molar refractivity (Wildman–Crippen MR) is 58.5 cm³/mol. The highest BCUT2D eigenvalue weighted by molar-refractivity contribution is 5.94. The predicted octanol–water partition coefficient (Wildman–Crippen LogP) is -0.425. The quantitative estimate of drug-likeness (QED) is 0.673. The minimum absolute atomic E-state index is 0.153. The van der Waals surface area contributed by atoms with Gasteiger partial charge >= 0.3 is 5.97 Å². The van der Waals surface area contributed by atoms with Gasteiger partial charge in [0.1, 0.15) is 5.76 Å². The molecule has 2 aliphatic rings. The number of carboxylic acids is 1. The fourth-order valence-electron chi connectivity index (χ4n) is 2.30. The summed E-state index contributed by atoms with van der Waals surface area (Å²) in [7, 11) is 2.88. The number of aliphatic carboxylic acids is 1. The molecule has 0 radical (unpaired) electrons. The second kappa shape index (κ2) is 4.58. The van der Waals surface area contributed by atoms with Crippen LogP contribution in [0.25, 0.3) is 0 Å². The van der Waals surface area contributed by atoms with Crippen molar-refractivity contribution in [2.24, 2.45) is 0 Å². The number of hydrogen-bond acceptors (Lipinski definition) is 5. The van der Waals surface area contributed by atoms with E-state index in [0.29, 0.717) is 0 Å². The van der Waals surface area contributed by atoms with Gasteiger partial charge in [0, 0.05) is 14.2 Å². The number of β-lactam (4-membered cyclic amide) rings is 1. The van der Waals surface area contributed by atoms with Crippen molar-refractivity contribution >= 4 is 11.9 Å². The van der Waals surface area contributed by atoms with Gasteiger partial charge in [0.2, 0.25) is 11.4 Å². The number of carboxylic acid groups (broad SMARTS) is 1. The third-order valence-electron chi connectivity index (χ3n) is 3.13. The molecule has 0 saturated carbocycles. The normalized spacial score (nSPS) is 32.1. The average molecular weight is 257 g/mol. The zero-order valence-corrected chi connectivity index (χ0v) is 10.2. The largest absolute Gasteiger partial charge is 0.479 e.